The monoisotopic (exact) mass is 370 g/mol. The number of Topliss-reactive ketones (excluding diaryl/α,β-unsaturated/α-hetero) is 1. The van der Waals surface area contributed by atoms with Crippen LogP contribution in [-0.2, 0) is 4.74 Å². The summed E-state index contributed by atoms with van der Waals surface area (Å²) in [5, 5.41) is 1.46. The second-order valence-electron chi connectivity index (χ2n) is 3.30. The van der Waals surface area contributed by atoms with Gasteiger partial charge in [0, 0.05) is 4.47 Å². The minimum absolute atomic E-state index is 0.00287. The van der Waals surface area contributed by atoms with Crippen LogP contribution in [-0.4, -0.2) is 30.8 Å². The first-order chi connectivity index (χ1) is 8.53. The van der Waals surface area contributed by atoms with E-state index >= 15 is 0 Å². The van der Waals surface area contributed by atoms with E-state index in [9.17, 15) is 31.1 Å². The molecular weight excluding hydrogens is 366 g/mol. The summed E-state index contributed by atoms with van der Waals surface area (Å²) in [4.78, 5) is 11.4. The number of hydrogen-bond donors (Lipinski definition) is 0. The molecule has 0 saturated carbocycles. The molecule has 0 aromatic carbocycles. The lowest BCUT2D eigenvalue weighted by atomic mass is 10.3. The Kier molecular flexibility index (Phi) is 5.02. The molecule has 0 aliphatic rings. The predicted molar refractivity (Wildman–Crippen MR) is 58.2 cm³/mol. The average Bonchev–Trinajstić information content (AvgIpc) is 2.60. The Morgan fingerprint density at radius 2 is 1.79 bits per heavy atom. The zero-order valence-corrected chi connectivity index (χ0v) is 11.2. The van der Waals surface area contributed by atoms with Crippen molar-refractivity contribution in [3.8, 4) is 0 Å². The fourth-order valence-corrected chi connectivity index (χ4v) is 2.61. The molecule has 19 heavy (non-hydrogen) atoms. The van der Waals surface area contributed by atoms with E-state index in [1.807, 2.05) is 0 Å². The van der Waals surface area contributed by atoms with Gasteiger partial charge in [0.1, 0.15) is 6.61 Å². The molecule has 1 heterocycles. The smallest absolute Gasteiger partial charge is 0.353 e. The number of carbonyl (C=O) groups is 1. The number of ketones is 1. The molecule has 1 rings (SSSR count). The minimum Gasteiger partial charge on any atom is -0.353 e. The van der Waals surface area contributed by atoms with Gasteiger partial charge < -0.3 is 4.74 Å². The molecule has 1 aromatic heterocycles. The molecular formula is C9H5BrF6O2S. The molecule has 0 radical (unpaired) electrons. The van der Waals surface area contributed by atoms with Crippen LogP contribution in [0.5, 0.6) is 0 Å². The van der Waals surface area contributed by atoms with Crippen LogP contribution in [0.4, 0.5) is 26.3 Å². The maximum absolute atomic E-state index is 12.1. The summed E-state index contributed by atoms with van der Waals surface area (Å²) in [6.45, 7) is -1.30. The van der Waals surface area contributed by atoms with Crippen molar-refractivity contribution in [2.24, 2.45) is 0 Å². The van der Waals surface area contributed by atoms with Gasteiger partial charge in [-0.1, -0.05) is 0 Å². The Morgan fingerprint density at radius 3 is 2.16 bits per heavy atom. The van der Waals surface area contributed by atoms with Gasteiger partial charge in [0.2, 0.25) is 6.10 Å². The van der Waals surface area contributed by atoms with Gasteiger partial charge >= 0.3 is 12.4 Å². The third kappa shape index (κ3) is 4.46. The van der Waals surface area contributed by atoms with E-state index in [0.717, 1.165) is 11.3 Å². The molecule has 0 unspecified atom stereocenters. The summed E-state index contributed by atoms with van der Waals surface area (Å²) in [5.41, 5.74) is 0. The highest BCUT2D eigenvalue weighted by Gasteiger charge is 2.58. The van der Waals surface area contributed by atoms with E-state index in [1.165, 1.54) is 11.4 Å². The highest BCUT2D eigenvalue weighted by Crippen LogP contribution is 2.35. The van der Waals surface area contributed by atoms with Gasteiger partial charge in [0.05, 0.1) is 4.88 Å². The second-order valence-corrected chi connectivity index (χ2v) is 5.07. The molecule has 0 bridgehead atoms. The van der Waals surface area contributed by atoms with Crippen molar-refractivity contribution in [3.63, 3.8) is 0 Å². The molecule has 1 aromatic rings. The number of rotatable bonds is 4. The van der Waals surface area contributed by atoms with Crippen molar-refractivity contribution in [2.75, 3.05) is 6.61 Å². The summed E-state index contributed by atoms with van der Waals surface area (Å²) in [5.74, 6) is -0.958. The molecule has 108 valence electrons. The summed E-state index contributed by atoms with van der Waals surface area (Å²) >= 11 is 3.83. The number of thiophene rings is 1. The van der Waals surface area contributed by atoms with Crippen molar-refractivity contribution in [1.82, 2.24) is 0 Å². The van der Waals surface area contributed by atoms with E-state index in [1.54, 1.807) is 0 Å². The average molecular weight is 371 g/mol. The molecule has 0 N–H and O–H groups in total. The van der Waals surface area contributed by atoms with Gasteiger partial charge in [-0.2, -0.15) is 26.3 Å². The lowest BCUT2D eigenvalue weighted by Gasteiger charge is -2.22. The van der Waals surface area contributed by atoms with Crippen LogP contribution in [0.1, 0.15) is 9.67 Å². The number of hydrogen-bond acceptors (Lipinski definition) is 3. The van der Waals surface area contributed by atoms with Crippen molar-refractivity contribution in [3.05, 3.63) is 20.8 Å². The SMILES string of the molecule is O=C(COC(C(F)(F)F)C(F)(F)F)c1sccc1Br. The molecule has 0 atom stereocenters. The first kappa shape index (κ1) is 16.4. The van der Waals surface area contributed by atoms with Gasteiger partial charge in [-0.15, -0.1) is 11.3 Å². The van der Waals surface area contributed by atoms with Crippen LogP contribution in [0.3, 0.4) is 0 Å². The Hall–Kier alpha value is -0.610. The van der Waals surface area contributed by atoms with Crippen LogP contribution in [0.2, 0.25) is 0 Å². The van der Waals surface area contributed by atoms with E-state index < -0.39 is 30.8 Å². The van der Waals surface area contributed by atoms with E-state index in [0.29, 0.717) is 4.47 Å². The molecule has 0 aliphatic heterocycles. The number of halogens is 7. The second kappa shape index (κ2) is 5.80. The van der Waals surface area contributed by atoms with Gasteiger partial charge in [-0.05, 0) is 27.4 Å². The highest BCUT2D eigenvalue weighted by molar-refractivity contribution is 9.10. The van der Waals surface area contributed by atoms with E-state index in [-0.39, 0.29) is 4.88 Å². The van der Waals surface area contributed by atoms with Crippen LogP contribution >= 0.6 is 27.3 Å². The van der Waals surface area contributed by atoms with Crippen LogP contribution in [0.15, 0.2) is 15.9 Å². The van der Waals surface area contributed by atoms with Gasteiger partial charge in [0.25, 0.3) is 0 Å². The summed E-state index contributed by atoms with van der Waals surface area (Å²) < 4.78 is 76.7. The molecule has 2 nitrogen and oxygen atoms in total. The fourth-order valence-electron chi connectivity index (χ4n) is 1.09. The van der Waals surface area contributed by atoms with Crippen molar-refractivity contribution in [2.45, 2.75) is 18.5 Å². The zero-order valence-electron chi connectivity index (χ0n) is 8.81. The summed E-state index contributed by atoms with van der Waals surface area (Å²) in [6, 6.07) is 1.45. The lowest BCUT2D eigenvalue weighted by Crippen LogP contribution is -2.45. The fraction of sp³-hybridized carbons (Fsp3) is 0.444. The maximum atomic E-state index is 12.1. The van der Waals surface area contributed by atoms with E-state index in [4.69, 9.17) is 0 Å². The summed E-state index contributed by atoms with van der Waals surface area (Å²) in [6.07, 6.45) is -15.2. The van der Waals surface area contributed by atoms with E-state index in [2.05, 4.69) is 20.7 Å². The first-order valence-electron chi connectivity index (χ1n) is 4.54. The van der Waals surface area contributed by atoms with Crippen LogP contribution in [0.25, 0.3) is 0 Å². The molecule has 0 spiro atoms. The zero-order chi connectivity index (χ0) is 14.8. The normalized spacial score (nSPS) is 13.1. The first-order valence-corrected chi connectivity index (χ1v) is 6.22. The summed E-state index contributed by atoms with van der Waals surface area (Å²) in [7, 11) is 0. The van der Waals surface area contributed by atoms with Crippen molar-refractivity contribution in [1.29, 1.82) is 0 Å². The standard InChI is InChI=1S/C9H5BrF6O2S/c10-4-1-2-19-6(4)5(17)3-18-7(8(11,12)13)9(14,15)16/h1-2,7H,3H2. The molecule has 10 heteroatoms. The highest BCUT2D eigenvalue weighted by atomic mass is 79.9. The Bertz CT molecular complexity index is 438. The number of ether oxygens (including phenoxy) is 1. The number of alkyl halides is 6. The molecule has 0 saturated heterocycles. The van der Waals surface area contributed by atoms with Crippen molar-refractivity contribution < 1.29 is 35.9 Å². The van der Waals surface area contributed by atoms with Gasteiger partial charge in [0.15, 0.2) is 5.78 Å². The third-order valence-electron chi connectivity index (χ3n) is 1.85. The number of carbonyl (C=O) groups excluding carboxylic acids is 1. The minimum atomic E-state index is -5.62. The van der Waals surface area contributed by atoms with Gasteiger partial charge in [-0.25, -0.2) is 0 Å². The third-order valence-corrected chi connectivity index (χ3v) is 3.72. The molecule has 0 amide bonds. The quantitative estimate of drug-likeness (QED) is 0.586. The Balaban J connectivity index is 2.74. The topological polar surface area (TPSA) is 26.3 Å². The Morgan fingerprint density at radius 1 is 1.26 bits per heavy atom. The van der Waals surface area contributed by atoms with Gasteiger partial charge in [-0.3, -0.25) is 4.79 Å². The molecule has 0 aliphatic carbocycles. The van der Waals surface area contributed by atoms with Crippen LogP contribution in [0, 0.1) is 0 Å². The largest absolute Gasteiger partial charge is 0.423 e. The van der Waals surface area contributed by atoms with Crippen LogP contribution < -0.4 is 0 Å². The predicted octanol–water partition coefficient (Wildman–Crippen LogP) is 4.20. The molecule has 0 fully saturated rings. The lowest BCUT2D eigenvalue weighted by molar-refractivity contribution is -0.318. The van der Waals surface area contributed by atoms with Crippen molar-refractivity contribution >= 4 is 33.0 Å². The maximum Gasteiger partial charge on any atom is 0.423 e. The Labute approximate surface area is 115 Å².